The van der Waals surface area contributed by atoms with Crippen molar-refractivity contribution in [3.05, 3.63) is 59.1 Å². The van der Waals surface area contributed by atoms with Crippen LogP contribution in [-0.2, 0) is 6.42 Å². The molecular weight excluding hydrogens is 256 g/mol. The maximum Gasteiger partial charge on any atom is 0.0497 e. The lowest BCUT2D eigenvalue weighted by Crippen LogP contribution is -2.03. The average Bonchev–Trinajstić information content (AvgIpc) is 2.79. The van der Waals surface area contributed by atoms with Crippen LogP contribution in [0.4, 0.5) is 0 Å². The molecule has 0 bridgehead atoms. The summed E-state index contributed by atoms with van der Waals surface area (Å²) in [5.41, 5.74) is 10.4. The Morgan fingerprint density at radius 1 is 1.05 bits per heavy atom. The van der Waals surface area contributed by atoms with Crippen LogP contribution in [0.5, 0.6) is 0 Å². The predicted molar refractivity (Wildman–Crippen MR) is 81.5 cm³/mol. The number of nitrogens with one attached hydrogen (secondary N) is 1. The molecule has 0 aliphatic rings. The third-order valence-corrected chi connectivity index (χ3v) is 3.56. The van der Waals surface area contributed by atoms with Crippen LogP contribution >= 0.6 is 11.6 Å². The summed E-state index contributed by atoms with van der Waals surface area (Å²) in [7, 11) is 0. The van der Waals surface area contributed by atoms with E-state index in [1.165, 1.54) is 11.1 Å². The molecule has 0 amide bonds. The summed E-state index contributed by atoms with van der Waals surface area (Å²) in [5.74, 6) is 0. The summed E-state index contributed by atoms with van der Waals surface area (Å²) in [6.07, 6.45) is 0.838. The molecule has 96 valence electrons. The zero-order valence-electron chi connectivity index (χ0n) is 10.5. The lowest BCUT2D eigenvalue weighted by atomic mass is 10.0. The van der Waals surface area contributed by atoms with Crippen LogP contribution in [-0.4, -0.2) is 11.5 Å². The summed E-state index contributed by atoms with van der Waals surface area (Å²) in [4.78, 5) is 3.48. The molecule has 1 aromatic heterocycles. The normalized spacial score (nSPS) is 11.1. The van der Waals surface area contributed by atoms with Crippen LogP contribution in [0.3, 0.4) is 0 Å². The molecule has 0 fully saturated rings. The van der Waals surface area contributed by atoms with Crippen molar-refractivity contribution in [3.63, 3.8) is 0 Å². The number of aromatic nitrogens is 1. The van der Waals surface area contributed by atoms with E-state index in [9.17, 15) is 0 Å². The van der Waals surface area contributed by atoms with E-state index in [4.69, 9.17) is 17.3 Å². The minimum absolute atomic E-state index is 0.624. The summed E-state index contributed by atoms with van der Waals surface area (Å²) < 4.78 is 0. The van der Waals surface area contributed by atoms with Gasteiger partial charge in [0.1, 0.15) is 0 Å². The fourth-order valence-corrected chi connectivity index (χ4v) is 2.65. The van der Waals surface area contributed by atoms with Crippen molar-refractivity contribution in [1.82, 2.24) is 4.98 Å². The smallest absolute Gasteiger partial charge is 0.0497 e. The van der Waals surface area contributed by atoms with Crippen LogP contribution in [0, 0.1) is 0 Å². The topological polar surface area (TPSA) is 41.8 Å². The van der Waals surface area contributed by atoms with Gasteiger partial charge in [-0.15, -0.1) is 0 Å². The zero-order chi connectivity index (χ0) is 13.2. The highest BCUT2D eigenvalue weighted by atomic mass is 35.5. The second-order valence-electron chi connectivity index (χ2n) is 4.57. The van der Waals surface area contributed by atoms with Gasteiger partial charge in [-0.2, -0.15) is 0 Å². The van der Waals surface area contributed by atoms with E-state index >= 15 is 0 Å². The molecule has 2 aromatic carbocycles. The lowest BCUT2D eigenvalue weighted by Gasteiger charge is -2.03. The number of hydrogen-bond acceptors (Lipinski definition) is 1. The first-order chi connectivity index (χ1) is 9.29. The van der Waals surface area contributed by atoms with Gasteiger partial charge in [0.25, 0.3) is 0 Å². The van der Waals surface area contributed by atoms with Crippen molar-refractivity contribution in [2.45, 2.75) is 6.42 Å². The molecular formula is C16H15ClN2. The second-order valence-corrected chi connectivity index (χ2v) is 5.01. The summed E-state index contributed by atoms with van der Waals surface area (Å²) in [6, 6.07) is 16.2. The minimum atomic E-state index is 0.624. The molecule has 3 rings (SSSR count). The molecule has 0 spiro atoms. The van der Waals surface area contributed by atoms with Crippen molar-refractivity contribution in [3.8, 4) is 11.3 Å². The first kappa shape index (κ1) is 12.3. The maximum absolute atomic E-state index is 6.10. The second kappa shape index (κ2) is 5.08. The Morgan fingerprint density at radius 3 is 2.58 bits per heavy atom. The summed E-state index contributed by atoms with van der Waals surface area (Å²) in [5, 5.41) is 1.92. The quantitative estimate of drug-likeness (QED) is 0.742. The van der Waals surface area contributed by atoms with Gasteiger partial charge in [0, 0.05) is 21.6 Å². The maximum atomic E-state index is 6.10. The van der Waals surface area contributed by atoms with Crippen molar-refractivity contribution in [2.24, 2.45) is 5.73 Å². The SMILES string of the molecule is NCCc1c(-c2ccccc2)[nH]c2ccc(Cl)cc12. The third kappa shape index (κ3) is 2.25. The fraction of sp³-hybridized carbons (Fsp3) is 0.125. The minimum Gasteiger partial charge on any atom is -0.354 e. The third-order valence-electron chi connectivity index (χ3n) is 3.32. The van der Waals surface area contributed by atoms with Gasteiger partial charge < -0.3 is 10.7 Å². The largest absolute Gasteiger partial charge is 0.354 e. The zero-order valence-corrected chi connectivity index (χ0v) is 11.2. The van der Waals surface area contributed by atoms with Crippen LogP contribution in [0.2, 0.25) is 5.02 Å². The Bertz CT molecular complexity index is 701. The van der Waals surface area contributed by atoms with Gasteiger partial charge in [-0.25, -0.2) is 0 Å². The van der Waals surface area contributed by atoms with E-state index in [0.29, 0.717) is 6.54 Å². The van der Waals surface area contributed by atoms with Crippen LogP contribution in [0.25, 0.3) is 22.2 Å². The number of H-pyrrole nitrogens is 1. The molecule has 0 unspecified atom stereocenters. The van der Waals surface area contributed by atoms with Crippen LogP contribution < -0.4 is 5.73 Å². The predicted octanol–water partition coefficient (Wildman–Crippen LogP) is 3.99. The highest BCUT2D eigenvalue weighted by molar-refractivity contribution is 6.31. The molecule has 0 aliphatic heterocycles. The fourth-order valence-electron chi connectivity index (χ4n) is 2.48. The average molecular weight is 271 g/mol. The lowest BCUT2D eigenvalue weighted by molar-refractivity contribution is 0.978. The number of aromatic amines is 1. The summed E-state index contributed by atoms with van der Waals surface area (Å²) >= 11 is 6.10. The number of halogens is 1. The van der Waals surface area contributed by atoms with Crippen molar-refractivity contribution < 1.29 is 0 Å². The first-order valence-electron chi connectivity index (χ1n) is 6.35. The Hall–Kier alpha value is -1.77. The Kier molecular flexibility index (Phi) is 3.28. The van der Waals surface area contributed by atoms with E-state index in [0.717, 1.165) is 28.0 Å². The number of rotatable bonds is 3. The monoisotopic (exact) mass is 270 g/mol. The number of hydrogen-bond donors (Lipinski definition) is 2. The Labute approximate surface area is 117 Å². The van der Waals surface area contributed by atoms with Gasteiger partial charge in [-0.05, 0) is 42.3 Å². The van der Waals surface area contributed by atoms with Crippen LogP contribution in [0.1, 0.15) is 5.56 Å². The molecule has 3 heteroatoms. The Morgan fingerprint density at radius 2 is 1.84 bits per heavy atom. The standard InChI is InChI=1S/C16H15ClN2/c17-12-6-7-15-14(10-12)13(8-9-18)16(19-15)11-4-2-1-3-5-11/h1-7,10,19H,8-9,18H2. The highest BCUT2D eigenvalue weighted by Crippen LogP contribution is 2.32. The van der Waals surface area contributed by atoms with Crippen molar-refractivity contribution in [1.29, 1.82) is 0 Å². The molecule has 1 heterocycles. The van der Waals surface area contributed by atoms with E-state index < -0.39 is 0 Å². The molecule has 0 atom stereocenters. The Balaban J connectivity index is 2.26. The number of fused-ring (bicyclic) bond motifs is 1. The molecule has 0 radical (unpaired) electrons. The van der Waals surface area contributed by atoms with Gasteiger partial charge in [0.2, 0.25) is 0 Å². The van der Waals surface area contributed by atoms with E-state index in [1.54, 1.807) is 0 Å². The molecule has 0 saturated heterocycles. The van der Waals surface area contributed by atoms with Crippen molar-refractivity contribution >= 4 is 22.5 Å². The molecule has 0 saturated carbocycles. The number of nitrogens with two attached hydrogens (primary N) is 1. The molecule has 0 aliphatic carbocycles. The van der Waals surface area contributed by atoms with Crippen molar-refractivity contribution in [2.75, 3.05) is 6.54 Å². The van der Waals surface area contributed by atoms with E-state index in [1.807, 2.05) is 36.4 Å². The van der Waals surface area contributed by atoms with Crippen LogP contribution in [0.15, 0.2) is 48.5 Å². The highest BCUT2D eigenvalue weighted by Gasteiger charge is 2.12. The van der Waals surface area contributed by atoms with Gasteiger partial charge >= 0.3 is 0 Å². The molecule has 3 N–H and O–H groups in total. The van der Waals surface area contributed by atoms with E-state index in [-0.39, 0.29) is 0 Å². The molecule has 3 aromatic rings. The first-order valence-corrected chi connectivity index (χ1v) is 6.73. The molecule has 19 heavy (non-hydrogen) atoms. The van der Waals surface area contributed by atoms with Gasteiger partial charge in [0.05, 0.1) is 0 Å². The van der Waals surface area contributed by atoms with Gasteiger partial charge in [-0.3, -0.25) is 0 Å². The van der Waals surface area contributed by atoms with E-state index in [2.05, 4.69) is 17.1 Å². The number of benzene rings is 2. The summed E-state index contributed by atoms with van der Waals surface area (Å²) in [6.45, 7) is 0.624. The molecule has 2 nitrogen and oxygen atoms in total. The van der Waals surface area contributed by atoms with Gasteiger partial charge in [-0.1, -0.05) is 41.9 Å². The van der Waals surface area contributed by atoms with Gasteiger partial charge in [0.15, 0.2) is 0 Å².